The molecule has 0 spiro atoms. The van der Waals surface area contributed by atoms with Crippen molar-refractivity contribution in [1.29, 1.82) is 0 Å². The first kappa shape index (κ1) is 25.1. The van der Waals surface area contributed by atoms with Crippen LogP contribution in [0.2, 0.25) is 0 Å². The smallest absolute Gasteiger partial charge is 0.244 e. The first-order valence-corrected chi connectivity index (χ1v) is 13.1. The number of rotatable bonds is 8. The summed E-state index contributed by atoms with van der Waals surface area (Å²) >= 11 is 0. The van der Waals surface area contributed by atoms with Crippen molar-refractivity contribution in [1.82, 2.24) is 20.0 Å². The highest BCUT2D eigenvalue weighted by Gasteiger charge is 2.31. The third-order valence-corrected chi connectivity index (χ3v) is 6.95. The summed E-state index contributed by atoms with van der Waals surface area (Å²) in [5.41, 5.74) is 4.32. The molecule has 2 aromatic carbocycles. The van der Waals surface area contributed by atoms with E-state index in [2.05, 4.69) is 15.3 Å². The molecule has 0 unspecified atom stereocenters. The molecule has 0 bridgehead atoms. The van der Waals surface area contributed by atoms with Crippen LogP contribution >= 0.6 is 0 Å². The first-order chi connectivity index (χ1) is 18.8. The van der Waals surface area contributed by atoms with Crippen LogP contribution in [0.3, 0.4) is 0 Å². The summed E-state index contributed by atoms with van der Waals surface area (Å²) in [5, 5.41) is 23.1. The average molecular weight is 526 g/mol. The number of hydrogen-bond acceptors (Lipinski definition) is 7. The predicted octanol–water partition coefficient (Wildman–Crippen LogP) is 5.07. The van der Waals surface area contributed by atoms with Gasteiger partial charge >= 0.3 is 0 Å². The number of methoxy groups -OCH3 is 1. The van der Waals surface area contributed by atoms with Crippen molar-refractivity contribution in [2.24, 2.45) is 0 Å². The van der Waals surface area contributed by atoms with Crippen LogP contribution in [0, 0.1) is 0 Å². The molecule has 2 aromatic heterocycles. The lowest BCUT2D eigenvalue weighted by atomic mass is 10.0. The molecule has 0 radical (unpaired) electrons. The summed E-state index contributed by atoms with van der Waals surface area (Å²) in [6.07, 6.45) is 7.94. The third-order valence-electron chi connectivity index (χ3n) is 6.95. The fourth-order valence-electron chi connectivity index (χ4n) is 4.79. The Bertz CT molecular complexity index is 1540. The molecule has 2 aliphatic rings. The van der Waals surface area contributed by atoms with Gasteiger partial charge in [-0.05, 0) is 67.7 Å². The maximum atomic E-state index is 13.8. The van der Waals surface area contributed by atoms with Gasteiger partial charge in [-0.1, -0.05) is 24.3 Å². The van der Waals surface area contributed by atoms with E-state index in [1.54, 1.807) is 31.8 Å². The molecule has 1 saturated carbocycles. The van der Waals surface area contributed by atoms with Gasteiger partial charge in [-0.2, -0.15) is 5.10 Å². The number of aromatic nitrogens is 4. The summed E-state index contributed by atoms with van der Waals surface area (Å²) < 4.78 is 13.0. The van der Waals surface area contributed by atoms with Crippen LogP contribution in [0.15, 0.2) is 59.3 Å². The van der Waals surface area contributed by atoms with Crippen molar-refractivity contribution < 1.29 is 19.1 Å². The largest absolute Gasteiger partial charge is 0.497 e. The van der Waals surface area contributed by atoms with E-state index >= 15 is 0 Å². The standard InChI is InChI=1S/C30H31N5O4/c1-30(2,37)18-34-17-24(15-31-34)21-8-9-22-12-23(29-33-32-28(39-29)20-6-7-20)14-27(36)35(26(22)13-21)16-19-4-10-25(38-3)11-5-19/h4-5,8-13,15,17,20,37H,6-7,14,16,18H2,1-3H3. The molecular formula is C30H31N5O4. The van der Waals surface area contributed by atoms with Gasteiger partial charge in [-0.25, -0.2) is 0 Å². The lowest BCUT2D eigenvalue weighted by molar-refractivity contribution is -0.117. The molecule has 6 rings (SSSR count). The van der Waals surface area contributed by atoms with Crippen molar-refractivity contribution in [2.45, 2.75) is 57.7 Å². The highest BCUT2D eigenvalue weighted by Crippen LogP contribution is 2.41. The molecule has 1 fully saturated rings. The number of carbonyl (C=O) groups is 1. The maximum Gasteiger partial charge on any atom is 0.244 e. The van der Waals surface area contributed by atoms with E-state index < -0.39 is 5.60 Å². The SMILES string of the molecule is COc1ccc(CN2C(=O)CC(c3nnc(C4CC4)o3)=Cc3ccc(-c4cnn(CC(C)(C)O)c4)cc32)cc1. The summed E-state index contributed by atoms with van der Waals surface area (Å²) in [6.45, 7) is 4.27. The van der Waals surface area contributed by atoms with Gasteiger partial charge in [0.05, 0.1) is 44.1 Å². The van der Waals surface area contributed by atoms with Gasteiger partial charge in [0.25, 0.3) is 0 Å². The molecule has 0 saturated heterocycles. The topological polar surface area (TPSA) is 107 Å². The highest BCUT2D eigenvalue weighted by atomic mass is 16.5. The molecular weight excluding hydrogens is 494 g/mol. The summed E-state index contributed by atoms with van der Waals surface area (Å²) in [6, 6.07) is 13.8. The van der Waals surface area contributed by atoms with Gasteiger partial charge in [0.15, 0.2) is 0 Å². The van der Waals surface area contributed by atoms with Crippen molar-refractivity contribution in [3.05, 3.63) is 77.8 Å². The number of ether oxygens (including phenoxy) is 1. The summed E-state index contributed by atoms with van der Waals surface area (Å²) in [5.74, 6) is 2.10. The van der Waals surface area contributed by atoms with E-state index in [9.17, 15) is 9.90 Å². The summed E-state index contributed by atoms with van der Waals surface area (Å²) in [7, 11) is 1.63. The molecule has 9 nitrogen and oxygen atoms in total. The third kappa shape index (κ3) is 5.49. The Labute approximate surface area is 226 Å². The number of carbonyl (C=O) groups excluding carboxylic acids is 1. The lowest BCUT2D eigenvalue weighted by Crippen LogP contribution is -2.30. The van der Waals surface area contributed by atoms with Gasteiger partial charge in [-0.15, -0.1) is 10.2 Å². The maximum absolute atomic E-state index is 13.8. The normalized spacial score (nSPS) is 15.6. The fraction of sp³-hybridized carbons (Fsp3) is 0.333. The molecule has 9 heteroatoms. The van der Waals surface area contributed by atoms with Crippen LogP contribution in [0.4, 0.5) is 5.69 Å². The Morgan fingerprint density at radius 1 is 1.10 bits per heavy atom. The fourth-order valence-corrected chi connectivity index (χ4v) is 4.79. The average Bonchev–Trinajstić information content (AvgIpc) is 3.50. The molecule has 1 N–H and O–H groups in total. The van der Waals surface area contributed by atoms with Crippen LogP contribution < -0.4 is 9.64 Å². The second kappa shape index (κ2) is 9.81. The number of nitrogens with zero attached hydrogens (tertiary/aromatic N) is 5. The Morgan fingerprint density at radius 2 is 1.90 bits per heavy atom. The van der Waals surface area contributed by atoms with E-state index in [1.807, 2.05) is 59.6 Å². The monoisotopic (exact) mass is 525 g/mol. The zero-order chi connectivity index (χ0) is 27.1. The molecule has 200 valence electrons. The van der Waals surface area contributed by atoms with Gasteiger partial charge in [-0.3, -0.25) is 9.48 Å². The van der Waals surface area contributed by atoms with E-state index in [1.165, 1.54) is 0 Å². The van der Waals surface area contributed by atoms with Gasteiger partial charge in [0.1, 0.15) is 5.75 Å². The van der Waals surface area contributed by atoms with Gasteiger partial charge in [0.2, 0.25) is 17.7 Å². The molecule has 3 heterocycles. The predicted molar refractivity (Wildman–Crippen MR) is 147 cm³/mol. The molecule has 0 atom stereocenters. The van der Waals surface area contributed by atoms with E-state index in [4.69, 9.17) is 9.15 Å². The first-order valence-electron chi connectivity index (χ1n) is 13.1. The van der Waals surface area contributed by atoms with E-state index in [0.29, 0.717) is 36.4 Å². The van der Waals surface area contributed by atoms with Gasteiger partial charge < -0.3 is 19.2 Å². The molecule has 1 aliphatic heterocycles. The minimum Gasteiger partial charge on any atom is -0.497 e. The number of fused-ring (bicyclic) bond motifs is 1. The highest BCUT2D eigenvalue weighted by molar-refractivity contribution is 6.06. The Kier molecular flexibility index (Phi) is 6.31. The zero-order valence-corrected chi connectivity index (χ0v) is 22.3. The Hall–Kier alpha value is -4.24. The van der Waals surface area contributed by atoms with Crippen LogP contribution in [-0.2, 0) is 17.9 Å². The number of benzene rings is 2. The van der Waals surface area contributed by atoms with Crippen molar-refractivity contribution in [3.63, 3.8) is 0 Å². The van der Waals surface area contributed by atoms with E-state index in [0.717, 1.165) is 46.5 Å². The minimum absolute atomic E-state index is 0.0585. The van der Waals surface area contributed by atoms with Crippen LogP contribution in [0.5, 0.6) is 5.75 Å². The quantitative estimate of drug-likeness (QED) is 0.342. The number of hydrogen-bond donors (Lipinski definition) is 1. The van der Waals surface area contributed by atoms with Crippen LogP contribution in [0.1, 0.15) is 61.9 Å². The second-order valence-corrected chi connectivity index (χ2v) is 10.9. The van der Waals surface area contributed by atoms with Crippen LogP contribution in [-0.4, -0.2) is 43.7 Å². The van der Waals surface area contributed by atoms with E-state index in [-0.39, 0.29) is 12.3 Å². The van der Waals surface area contributed by atoms with Crippen molar-refractivity contribution in [2.75, 3.05) is 12.0 Å². The van der Waals surface area contributed by atoms with Gasteiger partial charge in [0, 0.05) is 23.3 Å². The summed E-state index contributed by atoms with van der Waals surface area (Å²) in [4.78, 5) is 15.6. The minimum atomic E-state index is -0.881. The lowest BCUT2D eigenvalue weighted by Gasteiger charge is -2.24. The zero-order valence-electron chi connectivity index (χ0n) is 22.3. The molecule has 4 aromatic rings. The van der Waals surface area contributed by atoms with Crippen molar-refractivity contribution >= 4 is 23.2 Å². The van der Waals surface area contributed by atoms with Crippen molar-refractivity contribution in [3.8, 4) is 16.9 Å². The van der Waals surface area contributed by atoms with Crippen LogP contribution in [0.25, 0.3) is 22.8 Å². The number of anilines is 1. The number of aliphatic hydroxyl groups is 1. The second-order valence-electron chi connectivity index (χ2n) is 10.9. The Balaban J connectivity index is 1.38. The molecule has 1 amide bonds. The molecule has 1 aliphatic carbocycles. The molecule has 39 heavy (non-hydrogen) atoms. The Morgan fingerprint density at radius 3 is 2.62 bits per heavy atom. The number of amides is 1.